The lowest BCUT2D eigenvalue weighted by Gasteiger charge is -2.18. The van der Waals surface area contributed by atoms with Crippen molar-refractivity contribution in [3.63, 3.8) is 0 Å². The Hall–Kier alpha value is -2.47. The first-order chi connectivity index (χ1) is 13.1. The number of carbonyl (C=O) groups excluding carboxylic acids is 1. The number of halogens is 1. The van der Waals surface area contributed by atoms with Crippen molar-refractivity contribution in [1.82, 2.24) is 0 Å². The summed E-state index contributed by atoms with van der Waals surface area (Å²) in [5.74, 6) is 2.45. The van der Waals surface area contributed by atoms with Gasteiger partial charge in [0.05, 0.1) is 17.7 Å². The number of allylic oxidation sites excluding steroid dienone is 1. The minimum Gasteiger partial charge on any atom is -0.490 e. The molecule has 0 amide bonds. The van der Waals surface area contributed by atoms with Crippen molar-refractivity contribution in [2.45, 2.75) is 13.8 Å². The molecule has 0 bridgehead atoms. The standard InChI is InChI=1S/C21H21BrO5/c1-3-24-20-12-14(11-16(22)21(20)25-4-2)5-7-17(23)15-6-8-18-19(13-15)27-10-9-26-18/h5-8,11-13H,3-4,9-10H2,1-2H3/b7-5+. The molecule has 0 saturated heterocycles. The van der Waals surface area contributed by atoms with E-state index in [4.69, 9.17) is 18.9 Å². The van der Waals surface area contributed by atoms with Crippen LogP contribution >= 0.6 is 15.9 Å². The fourth-order valence-corrected chi connectivity index (χ4v) is 3.27. The van der Waals surface area contributed by atoms with Crippen LogP contribution in [0.25, 0.3) is 6.08 Å². The second kappa shape index (κ2) is 8.95. The van der Waals surface area contributed by atoms with Crippen LogP contribution in [0.15, 0.2) is 40.9 Å². The number of ketones is 1. The fourth-order valence-electron chi connectivity index (χ4n) is 2.70. The molecule has 0 N–H and O–H groups in total. The number of hydrogen-bond donors (Lipinski definition) is 0. The highest BCUT2D eigenvalue weighted by molar-refractivity contribution is 9.10. The van der Waals surface area contributed by atoms with E-state index < -0.39 is 0 Å². The summed E-state index contributed by atoms with van der Waals surface area (Å²) in [6.07, 6.45) is 3.28. The molecule has 6 heteroatoms. The van der Waals surface area contributed by atoms with E-state index in [1.807, 2.05) is 26.0 Å². The van der Waals surface area contributed by atoms with Gasteiger partial charge in [0, 0.05) is 5.56 Å². The molecule has 0 saturated carbocycles. The summed E-state index contributed by atoms with van der Waals surface area (Å²) < 4.78 is 23.1. The molecule has 0 radical (unpaired) electrons. The molecule has 1 aliphatic heterocycles. The van der Waals surface area contributed by atoms with Gasteiger partial charge in [-0.3, -0.25) is 4.79 Å². The van der Waals surface area contributed by atoms with Crippen molar-refractivity contribution in [3.05, 3.63) is 52.0 Å². The Morgan fingerprint density at radius 1 is 1.07 bits per heavy atom. The number of carbonyl (C=O) groups is 1. The molecule has 1 heterocycles. The number of hydrogen-bond acceptors (Lipinski definition) is 5. The molecule has 27 heavy (non-hydrogen) atoms. The van der Waals surface area contributed by atoms with E-state index in [0.717, 1.165) is 10.0 Å². The minimum atomic E-state index is -0.116. The van der Waals surface area contributed by atoms with Crippen LogP contribution in [-0.2, 0) is 0 Å². The molecule has 142 valence electrons. The van der Waals surface area contributed by atoms with Gasteiger partial charge >= 0.3 is 0 Å². The first-order valence-electron chi connectivity index (χ1n) is 8.83. The summed E-state index contributed by atoms with van der Waals surface area (Å²) in [5.41, 5.74) is 1.38. The number of ether oxygens (including phenoxy) is 4. The monoisotopic (exact) mass is 432 g/mol. The summed E-state index contributed by atoms with van der Waals surface area (Å²) in [6, 6.07) is 8.95. The maximum atomic E-state index is 12.5. The van der Waals surface area contributed by atoms with E-state index in [1.54, 1.807) is 24.3 Å². The molecule has 2 aromatic rings. The van der Waals surface area contributed by atoms with E-state index in [0.29, 0.717) is 55.0 Å². The number of benzene rings is 2. The van der Waals surface area contributed by atoms with Crippen molar-refractivity contribution in [3.8, 4) is 23.0 Å². The van der Waals surface area contributed by atoms with E-state index in [9.17, 15) is 4.79 Å². The molecule has 1 aliphatic rings. The summed E-state index contributed by atoms with van der Waals surface area (Å²) in [6.45, 7) is 5.90. The van der Waals surface area contributed by atoms with Gasteiger partial charge in [-0.25, -0.2) is 0 Å². The van der Waals surface area contributed by atoms with E-state index >= 15 is 0 Å². The van der Waals surface area contributed by atoms with E-state index in [1.165, 1.54) is 6.08 Å². The lowest BCUT2D eigenvalue weighted by atomic mass is 10.1. The van der Waals surface area contributed by atoms with Crippen LogP contribution in [0, 0.1) is 0 Å². The van der Waals surface area contributed by atoms with Crippen LogP contribution in [0.2, 0.25) is 0 Å². The SMILES string of the molecule is CCOc1cc(/C=C/C(=O)c2ccc3c(c2)OCCO3)cc(Br)c1OCC. The van der Waals surface area contributed by atoms with Gasteiger partial charge in [0.15, 0.2) is 28.8 Å². The quantitative estimate of drug-likeness (QED) is 0.459. The van der Waals surface area contributed by atoms with Gasteiger partial charge in [-0.05, 0) is 71.7 Å². The molecule has 0 atom stereocenters. The Morgan fingerprint density at radius 2 is 1.81 bits per heavy atom. The summed E-state index contributed by atoms with van der Waals surface area (Å²) in [5, 5.41) is 0. The molecule has 5 nitrogen and oxygen atoms in total. The highest BCUT2D eigenvalue weighted by Gasteiger charge is 2.14. The van der Waals surface area contributed by atoms with Crippen LogP contribution in [0.4, 0.5) is 0 Å². The molecule has 0 fully saturated rings. The van der Waals surface area contributed by atoms with Gasteiger partial charge in [-0.15, -0.1) is 0 Å². The van der Waals surface area contributed by atoms with Crippen molar-refractivity contribution < 1.29 is 23.7 Å². The molecule has 2 aromatic carbocycles. The second-order valence-electron chi connectivity index (χ2n) is 5.75. The highest BCUT2D eigenvalue weighted by atomic mass is 79.9. The highest BCUT2D eigenvalue weighted by Crippen LogP contribution is 2.37. The van der Waals surface area contributed by atoms with Crippen LogP contribution in [0.3, 0.4) is 0 Å². The van der Waals surface area contributed by atoms with Gasteiger partial charge in [0.2, 0.25) is 0 Å². The zero-order chi connectivity index (χ0) is 19.2. The first kappa shape index (κ1) is 19.3. The Morgan fingerprint density at radius 3 is 2.56 bits per heavy atom. The predicted molar refractivity (Wildman–Crippen MR) is 107 cm³/mol. The lowest BCUT2D eigenvalue weighted by molar-refractivity contribution is 0.104. The van der Waals surface area contributed by atoms with Crippen LogP contribution < -0.4 is 18.9 Å². The van der Waals surface area contributed by atoms with Crippen LogP contribution in [0.1, 0.15) is 29.8 Å². The summed E-state index contributed by atoms with van der Waals surface area (Å²) in [7, 11) is 0. The zero-order valence-corrected chi connectivity index (χ0v) is 16.9. The molecule has 3 rings (SSSR count). The minimum absolute atomic E-state index is 0.116. The topological polar surface area (TPSA) is 54.0 Å². The molecule has 0 aromatic heterocycles. The lowest BCUT2D eigenvalue weighted by Crippen LogP contribution is -2.15. The first-order valence-corrected chi connectivity index (χ1v) is 9.62. The van der Waals surface area contributed by atoms with E-state index in [-0.39, 0.29) is 5.78 Å². The second-order valence-corrected chi connectivity index (χ2v) is 6.61. The maximum Gasteiger partial charge on any atom is 0.185 e. The van der Waals surface area contributed by atoms with Gasteiger partial charge in [0.1, 0.15) is 13.2 Å². The Balaban J connectivity index is 1.81. The average molecular weight is 433 g/mol. The van der Waals surface area contributed by atoms with Crippen molar-refractivity contribution in [2.75, 3.05) is 26.4 Å². The third-order valence-electron chi connectivity index (χ3n) is 3.87. The molecule has 0 unspecified atom stereocenters. The summed E-state index contributed by atoms with van der Waals surface area (Å²) >= 11 is 3.51. The molecular formula is C21H21BrO5. The zero-order valence-electron chi connectivity index (χ0n) is 15.3. The van der Waals surface area contributed by atoms with Crippen LogP contribution in [0.5, 0.6) is 23.0 Å². The van der Waals surface area contributed by atoms with Gasteiger partial charge < -0.3 is 18.9 Å². The predicted octanol–water partition coefficient (Wildman–Crippen LogP) is 4.91. The smallest absolute Gasteiger partial charge is 0.185 e. The van der Waals surface area contributed by atoms with E-state index in [2.05, 4.69) is 15.9 Å². The fraction of sp³-hybridized carbons (Fsp3) is 0.286. The van der Waals surface area contributed by atoms with Crippen molar-refractivity contribution in [1.29, 1.82) is 0 Å². The van der Waals surface area contributed by atoms with Gasteiger partial charge in [0.25, 0.3) is 0 Å². The summed E-state index contributed by atoms with van der Waals surface area (Å²) in [4.78, 5) is 12.5. The van der Waals surface area contributed by atoms with Crippen molar-refractivity contribution in [2.24, 2.45) is 0 Å². The number of fused-ring (bicyclic) bond motifs is 1. The van der Waals surface area contributed by atoms with Gasteiger partial charge in [-0.2, -0.15) is 0 Å². The van der Waals surface area contributed by atoms with Crippen molar-refractivity contribution >= 4 is 27.8 Å². The maximum absolute atomic E-state index is 12.5. The normalized spacial score (nSPS) is 12.9. The third kappa shape index (κ3) is 4.63. The van der Waals surface area contributed by atoms with Gasteiger partial charge in [-0.1, -0.05) is 6.08 Å². The van der Waals surface area contributed by atoms with Crippen LogP contribution in [-0.4, -0.2) is 32.2 Å². The molecule has 0 aliphatic carbocycles. The third-order valence-corrected chi connectivity index (χ3v) is 4.46. The Kier molecular flexibility index (Phi) is 6.40. The molecule has 0 spiro atoms. The Bertz CT molecular complexity index is 860. The molecular weight excluding hydrogens is 412 g/mol. The Labute approximate surface area is 167 Å². The average Bonchev–Trinajstić information content (AvgIpc) is 2.68. The largest absolute Gasteiger partial charge is 0.490 e. The number of rotatable bonds is 7.